The molecular formula is C8H7ClFN3OS. The van der Waals surface area contributed by atoms with Gasteiger partial charge in [-0.1, -0.05) is 11.6 Å². The maximum absolute atomic E-state index is 12.9. The molecule has 0 saturated heterocycles. The zero-order valence-corrected chi connectivity index (χ0v) is 9.27. The van der Waals surface area contributed by atoms with E-state index < -0.39 is 15.5 Å². The lowest BCUT2D eigenvalue weighted by Crippen LogP contribution is -2.18. The summed E-state index contributed by atoms with van der Waals surface area (Å²) in [7, 11) is -2.65. The summed E-state index contributed by atoms with van der Waals surface area (Å²) in [4.78, 5) is 3.55. The van der Waals surface area contributed by atoms with Crippen molar-refractivity contribution in [2.45, 2.75) is 0 Å². The topological polar surface area (TPSA) is 65.8 Å². The van der Waals surface area contributed by atoms with E-state index in [0.717, 1.165) is 6.07 Å². The molecule has 1 aromatic rings. The van der Waals surface area contributed by atoms with Gasteiger partial charge in [0, 0.05) is 23.4 Å². The predicted molar refractivity (Wildman–Crippen MR) is 57.2 cm³/mol. The van der Waals surface area contributed by atoms with Crippen LogP contribution in [0.3, 0.4) is 0 Å². The van der Waals surface area contributed by atoms with Crippen molar-refractivity contribution in [3.63, 3.8) is 0 Å². The van der Waals surface area contributed by atoms with Crippen LogP contribution in [0, 0.1) is 17.3 Å². The van der Waals surface area contributed by atoms with Gasteiger partial charge in [0.2, 0.25) is 0 Å². The second-order valence-corrected chi connectivity index (χ2v) is 5.38. The molecule has 0 amide bonds. The molecule has 1 N–H and O–H groups in total. The summed E-state index contributed by atoms with van der Waals surface area (Å²) in [6.45, 7) is 0. The third-order valence-electron chi connectivity index (χ3n) is 1.43. The van der Waals surface area contributed by atoms with E-state index in [4.69, 9.17) is 16.9 Å². The van der Waals surface area contributed by atoms with E-state index in [0.29, 0.717) is 5.56 Å². The first kappa shape index (κ1) is 11.8. The third-order valence-corrected chi connectivity index (χ3v) is 2.92. The van der Waals surface area contributed by atoms with E-state index in [-0.39, 0.29) is 5.15 Å². The van der Waals surface area contributed by atoms with Crippen LogP contribution in [-0.4, -0.2) is 20.8 Å². The van der Waals surface area contributed by atoms with E-state index in [2.05, 4.69) is 9.71 Å². The van der Waals surface area contributed by atoms with Gasteiger partial charge in [0.25, 0.3) is 0 Å². The minimum atomic E-state index is -2.65. The Kier molecular flexibility index (Phi) is 3.50. The van der Waals surface area contributed by atoms with Crippen molar-refractivity contribution in [2.75, 3.05) is 6.26 Å². The van der Waals surface area contributed by atoms with Crippen molar-refractivity contribution < 1.29 is 8.60 Å². The van der Waals surface area contributed by atoms with Gasteiger partial charge in [0.1, 0.15) is 0 Å². The molecule has 1 atom stereocenters. The highest BCUT2D eigenvalue weighted by Crippen LogP contribution is 2.10. The molecule has 1 unspecified atom stereocenters. The van der Waals surface area contributed by atoms with E-state index in [1.54, 1.807) is 6.19 Å². The number of halogens is 2. The molecule has 0 spiro atoms. The Labute approximate surface area is 91.8 Å². The molecule has 1 heterocycles. The molecule has 1 rings (SSSR count). The number of nitrogens with zero attached hydrogens (tertiary/aromatic N) is 2. The van der Waals surface area contributed by atoms with Gasteiger partial charge in [-0.05, 0) is 6.07 Å². The van der Waals surface area contributed by atoms with Gasteiger partial charge in [-0.3, -0.25) is 0 Å². The van der Waals surface area contributed by atoms with Gasteiger partial charge in [-0.15, -0.1) is 0 Å². The van der Waals surface area contributed by atoms with Crippen molar-refractivity contribution in [2.24, 2.45) is 0 Å². The van der Waals surface area contributed by atoms with Crippen molar-refractivity contribution in [1.29, 1.82) is 5.26 Å². The van der Waals surface area contributed by atoms with Crippen LogP contribution >= 0.6 is 11.6 Å². The summed E-state index contributed by atoms with van der Waals surface area (Å²) in [5.74, 6) is -0.697. The van der Waals surface area contributed by atoms with Crippen LogP contribution in [0.2, 0.25) is 5.15 Å². The average Bonchev–Trinajstić information content (AvgIpc) is 2.10. The quantitative estimate of drug-likeness (QED) is 0.366. The molecule has 1 aromatic heterocycles. The lowest BCUT2D eigenvalue weighted by molar-refractivity contribution is 0.621. The van der Waals surface area contributed by atoms with Crippen LogP contribution in [-0.2, 0) is 9.71 Å². The van der Waals surface area contributed by atoms with Gasteiger partial charge >= 0.3 is 0 Å². The predicted octanol–water partition coefficient (Wildman–Crippen LogP) is 0.924. The van der Waals surface area contributed by atoms with Gasteiger partial charge in [0.05, 0.1) is 9.71 Å². The number of rotatable bonds is 2. The minimum Gasteiger partial charge on any atom is -0.249 e. The fourth-order valence-electron chi connectivity index (χ4n) is 0.880. The zero-order chi connectivity index (χ0) is 11.5. The fraction of sp³-hybridized carbons (Fsp3) is 0.125. The molecule has 4 nitrogen and oxygen atoms in total. The number of aromatic nitrogens is 1. The molecule has 0 bridgehead atoms. The zero-order valence-electron chi connectivity index (χ0n) is 7.70. The van der Waals surface area contributed by atoms with Crippen LogP contribution in [0.1, 0.15) is 5.56 Å². The maximum Gasteiger partial charge on any atom is 0.188 e. The fourth-order valence-corrected chi connectivity index (χ4v) is 1.87. The minimum absolute atomic E-state index is 0.247. The SMILES string of the molecule is CS(=O)(=Cc1cnc(Cl)c(F)c1)NC#N. The highest BCUT2D eigenvalue weighted by molar-refractivity contribution is 7.99. The molecular weight excluding hydrogens is 241 g/mol. The molecule has 0 aromatic carbocycles. The Balaban J connectivity index is 3.16. The number of hydrogen-bond donors (Lipinski definition) is 1. The lowest BCUT2D eigenvalue weighted by Gasteiger charge is -2.01. The van der Waals surface area contributed by atoms with E-state index in [1.807, 2.05) is 0 Å². The average molecular weight is 248 g/mol. The van der Waals surface area contributed by atoms with Crippen LogP contribution in [0.15, 0.2) is 12.3 Å². The van der Waals surface area contributed by atoms with Crippen molar-refractivity contribution in [3.05, 3.63) is 28.8 Å². The van der Waals surface area contributed by atoms with Gasteiger partial charge in [0.15, 0.2) is 17.2 Å². The largest absolute Gasteiger partial charge is 0.249 e. The Morgan fingerprint density at radius 1 is 1.80 bits per heavy atom. The number of pyridine rings is 1. The second-order valence-electron chi connectivity index (χ2n) is 2.78. The molecule has 15 heavy (non-hydrogen) atoms. The second kappa shape index (κ2) is 4.47. The highest BCUT2D eigenvalue weighted by atomic mass is 35.5. The molecule has 0 saturated carbocycles. The summed E-state index contributed by atoms with van der Waals surface area (Å²) in [6.07, 6.45) is 4.15. The smallest absolute Gasteiger partial charge is 0.188 e. The summed E-state index contributed by atoms with van der Waals surface area (Å²) < 4.78 is 26.6. The summed E-state index contributed by atoms with van der Waals surface area (Å²) >= 11 is 5.37. The van der Waals surface area contributed by atoms with Crippen LogP contribution in [0.4, 0.5) is 4.39 Å². The standard InChI is InChI=1S/C8H7ClFN3OS/c1-15(14,13-5-11)4-6-2-7(10)8(9)12-3-6/h2-4H,1H3,(H,13,14). The summed E-state index contributed by atoms with van der Waals surface area (Å²) in [5, 5.41) is 9.29. The molecule has 0 aliphatic heterocycles. The number of hydrogen-bond acceptors (Lipinski definition) is 3. The van der Waals surface area contributed by atoms with Gasteiger partial charge in [-0.2, -0.15) is 5.26 Å². The number of nitrogens with one attached hydrogen (secondary N) is 1. The van der Waals surface area contributed by atoms with Crippen molar-refractivity contribution in [3.8, 4) is 6.19 Å². The molecule has 0 aliphatic rings. The van der Waals surface area contributed by atoms with E-state index >= 15 is 0 Å². The van der Waals surface area contributed by atoms with Crippen molar-refractivity contribution >= 4 is 26.7 Å². The maximum atomic E-state index is 12.9. The normalized spacial score (nSPS) is 13.7. The molecule has 7 heteroatoms. The van der Waals surface area contributed by atoms with E-state index in [1.165, 1.54) is 17.8 Å². The Hall–Kier alpha value is -1.32. The molecule has 0 fully saturated rings. The van der Waals surface area contributed by atoms with Crippen molar-refractivity contribution in [1.82, 2.24) is 9.71 Å². The first-order valence-corrected chi connectivity index (χ1v) is 6.16. The Bertz CT molecular complexity index is 531. The Morgan fingerprint density at radius 3 is 3.00 bits per heavy atom. The molecule has 80 valence electrons. The van der Waals surface area contributed by atoms with E-state index in [9.17, 15) is 8.60 Å². The summed E-state index contributed by atoms with van der Waals surface area (Å²) in [5.41, 5.74) is 0.298. The van der Waals surface area contributed by atoms with Gasteiger partial charge in [-0.25, -0.2) is 18.3 Å². The molecule has 0 radical (unpaired) electrons. The van der Waals surface area contributed by atoms with Crippen LogP contribution in [0.25, 0.3) is 0 Å². The Morgan fingerprint density at radius 2 is 2.47 bits per heavy atom. The lowest BCUT2D eigenvalue weighted by atomic mass is 10.3. The van der Waals surface area contributed by atoms with Gasteiger partial charge < -0.3 is 0 Å². The molecule has 0 aliphatic carbocycles. The van der Waals surface area contributed by atoms with Crippen LogP contribution < -0.4 is 4.72 Å². The first-order chi connectivity index (χ1) is 6.94. The monoisotopic (exact) mass is 247 g/mol. The summed E-state index contributed by atoms with van der Waals surface area (Å²) in [6, 6.07) is 1.09. The first-order valence-electron chi connectivity index (χ1n) is 3.75. The highest BCUT2D eigenvalue weighted by Gasteiger charge is 2.03. The number of nitriles is 1. The third kappa shape index (κ3) is 3.38. The van der Waals surface area contributed by atoms with Crippen LogP contribution in [0.5, 0.6) is 0 Å².